The minimum atomic E-state index is -0.447. The second-order valence-electron chi connectivity index (χ2n) is 2.81. The number of ether oxygens (including phenoxy) is 1. The van der Waals surface area contributed by atoms with E-state index in [1.165, 1.54) is 13.1 Å². The summed E-state index contributed by atoms with van der Waals surface area (Å²) in [6.45, 7) is 5.07. The summed E-state index contributed by atoms with van der Waals surface area (Å²) in [6.07, 6.45) is 1.38. The van der Waals surface area contributed by atoms with Crippen LogP contribution in [0, 0.1) is 6.92 Å². The van der Waals surface area contributed by atoms with Crippen LogP contribution < -0.4 is 0 Å². The zero-order chi connectivity index (χ0) is 10.7. The van der Waals surface area contributed by atoms with Crippen molar-refractivity contribution in [3.63, 3.8) is 0 Å². The Morgan fingerprint density at radius 2 is 2.21 bits per heavy atom. The number of nitrogens with zero attached hydrogens (tertiary/aromatic N) is 2. The molecule has 0 saturated carbocycles. The first-order valence-electron chi connectivity index (χ1n) is 4.30. The molecule has 1 aromatic rings. The van der Waals surface area contributed by atoms with E-state index in [1.807, 2.05) is 0 Å². The molecular formula is C9H12N2O3. The molecule has 0 N–H and O–H groups in total. The molecule has 0 aliphatic carbocycles. The van der Waals surface area contributed by atoms with E-state index in [9.17, 15) is 9.59 Å². The molecular weight excluding hydrogens is 184 g/mol. The van der Waals surface area contributed by atoms with Gasteiger partial charge in [0.25, 0.3) is 0 Å². The van der Waals surface area contributed by atoms with E-state index in [2.05, 4.69) is 5.10 Å². The molecule has 0 amide bonds. The average molecular weight is 196 g/mol. The minimum absolute atomic E-state index is 0.233. The van der Waals surface area contributed by atoms with E-state index in [1.54, 1.807) is 13.8 Å². The lowest BCUT2D eigenvalue weighted by Gasteiger charge is -1.97. The lowest BCUT2D eigenvalue weighted by Crippen LogP contribution is -2.06. The summed E-state index contributed by atoms with van der Waals surface area (Å²) in [6, 6.07) is 0. The summed E-state index contributed by atoms with van der Waals surface area (Å²) >= 11 is 0. The maximum absolute atomic E-state index is 11.3. The fourth-order valence-corrected chi connectivity index (χ4v) is 1.03. The Kier molecular flexibility index (Phi) is 3.01. The van der Waals surface area contributed by atoms with Gasteiger partial charge in [-0.1, -0.05) is 0 Å². The van der Waals surface area contributed by atoms with Crippen LogP contribution in [0.3, 0.4) is 0 Å². The van der Waals surface area contributed by atoms with Crippen molar-refractivity contribution in [1.29, 1.82) is 0 Å². The summed E-state index contributed by atoms with van der Waals surface area (Å²) in [7, 11) is 0. The zero-order valence-electron chi connectivity index (χ0n) is 8.40. The fourth-order valence-electron chi connectivity index (χ4n) is 1.03. The van der Waals surface area contributed by atoms with Crippen molar-refractivity contribution in [3.05, 3.63) is 17.5 Å². The molecule has 1 rings (SSSR count). The monoisotopic (exact) mass is 196 g/mol. The van der Waals surface area contributed by atoms with Gasteiger partial charge in [0.15, 0.2) is 0 Å². The van der Waals surface area contributed by atoms with Crippen LogP contribution in [0.15, 0.2) is 6.20 Å². The Morgan fingerprint density at radius 3 is 2.64 bits per heavy atom. The quantitative estimate of drug-likeness (QED) is 0.663. The van der Waals surface area contributed by atoms with Crippen LogP contribution in [0.1, 0.15) is 34.7 Å². The smallest absolute Gasteiger partial charge is 0.341 e. The van der Waals surface area contributed by atoms with E-state index in [0.29, 0.717) is 17.9 Å². The van der Waals surface area contributed by atoms with Crippen molar-refractivity contribution in [2.45, 2.75) is 20.8 Å². The van der Waals surface area contributed by atoms with Crippen LogP contribution in [-0.2, 0) is 4.74 Å². The molecule has 76 valence electrons. The normalized spacial score (nSPS) is 9.93. The van der Waals surface area contributed by atoms with Crippen molar-refractivity contribution in [2.24, 2.45) is 0 Å². The van der Waals surface area contributed by atoms with E-state index in [0.717, 1.165) is 4.68 Å². The highest BCUT2D eigenvalue weighted by Gasteiger charge is 2.15. The van der Waals surface area contributed by atoms with Gasteiger partial charge in [0, 0.05) is 13.1 Å². The summed E-state index contributed by atoms with van der Waals surface area (Å²) in [5.74, 6) is -0.679. The SMILES string of the molecule is CCOC(=O)c1cn(C(C)=O)nc1C. The Labute approximate surface area is 81.7 Å². The van der Waals surface area contributed by atoms with Crippen LogP contribution in [0.4, 0.5) is 0 Å². The Balaban J connectivity index is 2.98. The van der Waals surface area contributed by atoms with Crippen molar-refractivity contribution in [3.8, 4) is 0 Å². The molecule has 0 aromatic carbocycles. The molecule has 5 nitrogen and oxygen atoms in total. The molecule has 0 aliphatic rings. The average Bonchev–Trinajstić information content (AvgIpc) is 2.48. The van der Waals surface area contributed by atoms with Gasteiger partial charge in [0.05, 0.1) is 12.3 Å². The number of carbonyl (C=O) groups excluding carboxylic acids is 2. The third-order valence-corrected chi connectivity index (χ3v) is 1.72. The molecule has 5 heteroatoms. The maximum Gasteiger partial charge on any atom is 0.341 e. The highest BCUT2D eigenvalue weighted by atomic mass is 16.5. The van der Waals surface area contributed by atoms with Crippen molar-refractivity contribution < 1.29 is 14.3 Å². The Bertz CT molecular complexity index is 368. The summed E-state index contributed by atoms with van der Waals surface area (Å²) in [5, 5.41) is 3.88. The predicted molar refractivity (Wildman–Crippen MR) is 49.2 cm³/mol. The largest absolute Gasteiger partial charge is 0.462 e. The topological polar surface area (TPSA) is 61.2 Å². The summed E-state index contributed by atoms with van der Waals surface area (Å²) < 4.78 is 5.92. The van der Waals surface area contributed by atoms with Gasteiger partial charge >= 0.3 is 5.97 Å². The lowest BCUT2D eigenvalue weighted by atomic mass is 10.3. The standard InChI is InChI=1S/C9H12N2O3/c1-4-14-9(13)8-5-11(7(3)12)10-6(8)2/h5H,4H2,1-3H3. The summed E-state index contributed by atoms with van der Waals surface area (Å²) in [5.41, 5.74) is 0.834. The Morgan fingerprint density at radius 1 is 1.57 bits per heavy atom. The van der Waals surface area contributed by atoms with Gasteiger partial charge in [-0.15, -0.1) is 0 Å². The van der Waals surface area contributed by atoms with Gasteiger partial charge in [-0.2, -0.15) is 5.10 Å². The molecule has 0 bridgehead atoms. The molecule has 0 spiro atoms. The van der Waals surface area contributed by atoms with Crippen LogP contribution in [0.25, 0.3) is 0 Å². The molecule has 0 fully saturated rings. The van der Waals surface area contributed by atoms with Crippen LogP contribution in [0.2, 0.25) is 0 Å². The number of esters is 1. The van der Waals surface area contributed by atoms with Gasteiger partial charge < -0.3 is 4.74 Å². The van der Waals surface area contributed by atoms with Crippen LogP contribution in [0.5, 0.6) is 0 Å². The highest BCUT2D eigenvalue weighted by Crippen LogP contribution is 2.07. The third-order valence-electron chi connectivity index (χ3n) is 1.72. The number of rotatable bonds is 2. The first-order valence-corrected chi connectivity index (χ1v) is 4.30. The molecule has 0 atom stereocenters. The van der Waals surface area contributed by atoms with Crippen LogP contribution in [-0.4, -0.2) is 28.3 Å². The number of aryl methyl sites for hydroxylation is 1. The third kappa shape index (κ3) is 1.99. The Hall–Kier alpha value is -1.65. The van der Waals surface area contributed by atoms with E-state index < -0.39 is 5.97 Å². The molecule has 1 heterocycles. The second kappa shape index (κ2) is 4.04. The second-order valence-corrected chi connectivity index (χ2v) is 2.81. The van der Waals surface area contributed by atoms with Gasteiger partial charge in [-0.3, -0.25) is 4.79 Å². The number of carbonyl (C=O) groups is 2. The minimum Gasteiger partial charge on any atom is -0.462 e. The number of hydrogen-bond donors (Lipinski definition) is 0. The molecule has 0 aliphatic heterocycles. The van der Waals surface area contributed by atoms with Gasteiger partial charge in [-0.05, 0) is 13.8 Å². The van der Waals surface area contributed by atoms with Gasteiger partial charge in [-0.25, -0.2) is 9.48 Å². The van der Waals surface area contributed by atoms with Crippen molar-refractivity contribution >= 4 is 11.9 Å². The summed E-state index contributed by atoms with van der Waals surface area (Å²) in [4.78, 5) is 22.3. The van der Waals surface area contributed by atoms with Gasteiger partial charge in [0.2, 0.25) is 5.91 Å². The molecule has 1 aromatic heterocycles. The zero-order valence-corrected chi connectivity index (χ0v) is 8.40. The van der Waals surface area contributed by atoms with Crippen molar-refractivity contribution in [1.82, 2.24) is 9.78 Å². The van der Waals surface area contributed by atoms with Crippen LogP contribution >= 0.6 is 0 Å². The lowest BCUT2D eigenvalue weighted by molar-refractivity contribution is 0.0525. The fraction of sp³-hybridized carbons (Fsp3) is 0.444. The molecule has 0 unspecified atom stereocenters. The van der Waals surface area contributed by atoms with E-state index in [-0.39, 0.29) is 5.91 Å². The first kappa shape index (κ1) is 10.4. The molecule has 14 heavy (non-hydrogen) atoms. The first-order chi connectivity index (χ1) is 6.56. The molecule has 0 saturated heterocycles. The predicted octanol–water partition coefficient (Wildman–Crippen LogP) is 1.03. The maximum atomic E-state index is 11.3. The van der Waals surface area contributed by atoms with E-state index in [4.69, 9.17) is 4.74 Å². The van der Waals surface area contributed by atoms with Gasteiger partial charge in [0.1, 0.15) is 5.56 Å². The van der Waals surface area contributed by atoms with Crippen molar-refractivity contribution in [2.75, 3.05) is 6.61 Å². The number of aromatic nitrogens is 2. The molecule has 0 radical (unpaired) electrons. The highest BCUT2D eigenvalue weighted by molar-refractivity contribution is 5.91. The van der Waals surface area contributed by atoms with E-state index >= 15 is 0 Å². The number of hydrogen-bond acceptors (Lipinski definition) is 4.